The molecule has 14 heteroatoms. The normalized spacial score (nSPS) is 24.3. The number of nitrogens with zero attached hydrogens (tertiary/aromatic N) is 4. The Morgan fingerprint density at radius 2 is 1.82 bits per heavy atom. The first-order valence-corrected chi connectivity index (χ1v) is 20.3. The number of rotatable bonds is 13. The number of aliphatic hydroxyl groups excluding tert-OH is 1. The number of hydrogen-bond acceptors (Lipinski definition) is 8. The van der Waals surface area contributed by atoms with Gasteiger partial charge in [-0.1, -0.05) is 53.5 Å². The SMILES string of the molecule is COc1cc(/C(F)=C/c2cccc(-c3cccc(NC(=O)c4nc5c(n4C)CCN(CCC46CCC(C(=O)O)(CC4)C6)C5)c3Cl)c2Cl)ncc1CNC1CC(O)C1. The van der Waals surface area contributed by atoms with Crippen molar-refractivity contribution in [1.82, 2.24) is 24.8 Å². The van der Waals surface area contributed by atoms with Crippen molar-refractivity contribution in [2.24, 2.45) is 17.9 Å². The molecule has 2 bridgehead atoms. The maximum Gasteiger partial charge on any atom is 0.309 e. The third kappa shape index (κ3) is 7.70. The summed E-state index contributed by atoms with van der Waals surface area (Å²) in [6.07, 6.45) is 10.1. The molecule has 4 N–H and O–H groups in total. The second-order valence-corrected chi connectivity index (χ2v) is 17.1. The van der Waals surface area contributed by atoms with Crippen molar-refractivity contribution in [3.05, 3.63) is 92.7 Å². The van der Waals surface area contributed by atoms with E-state index in [0.717, 1.165) is 75.0 Å². The lowest BCUT2D eigenvalue weighted by Gasteiger charge is -2.32. The number of pyridine rings is 1. The molecule has 8 rings (SSSR count). The number of hydrogen-bond donors (Lipinski definition) is 4. The van der Waals surface area contributed by atoms with Crippen LogP contribution in [0.3, 0.4) is 0 Å². The fourth-order valence-electron chi connectivity index (χ4n) is 9.35. The van der Waals surface area contributed by atoms with Gasteiger partial charge in [0, 0.05) is 73.8 Å². The molecule has 57 heavy (non-hydrogen) atoms. The predicted octanol–water partition coefficient (Wildman–Crippen LogP) is 7.91. The third-order valence-electron chi connectivity index (χ3n) is 12.9. The van der Waals surface area contributed by atoms with Crippen molar-refractivity contribution >= 4 is 52.7 Å². The van der Waals surface area contributed by atoms with Gasteiger partial charge in [-0.25, -0.2) is 9.37 Å². The van der Waals surface area contributed by atoms with E-state index < -0.39 is 23.1 Å². The molecular formula is C43H47Cl2FN6O5. The van der Waals surface area contributed by atoms with Gasteiger partial charge >= 0.3 is 5.97 Å². The van der Waals surface area contributed by atoms with Crippen LogP contribution in [0.2, 0.25) is 10.0 Å². The van der Waals surface area contributed by atoms with E-state index in [1.807, 2.05) is 11.6 Å². The summed E-state index contributed by atoms with van der Waals surface area (Å²) in [5.41, 5.74) is 4.30. The van der Waals surface area contributed by atoms with Crippen LogP contribution >= 0.6 is 23.2 Å². The van der Waals surface area contributed by atoms with Crippen LogP contribution in [0.25, 0.3) is 23.0 Å². The zero-order chi connectivity index (χ0) is 40.1. The van der Waals surface area contributed by atoms with E-state index in [1.54, 1.807) is 48.7 Å². The van der Waals surface area contributed by atoms with Crippen molar-refractivity contribution in [3.63, 3.8) is 0 Å². The smallest absolute Gasteiger partial charge is 0.309 e. The highest BCUT2D eigenvalue weighted by molar-refractivity contribution is 6.39. The van der Waals surface area contributed by atoms with E-state index in [9.17, 15) is 19.8 Å². The molecule has 2 aromatic heterocycles. The van der Waals surface area contributed by atoms with Gasteiger partial charge in [-0.2, -0.15) is 0 Å². The summed E-state index contributed by atoms with van der Waals surface area (Å²) in [4.78, 5) is 37.2. The first-order valence-electron chi connectivity index (χ1n) is 19.6. The van der Waals surface area contributed by atoms with Gasteiger partial charge in [0.1, 0.15) is 17.3 Å². The van der Waals surface area contributed by atoms with E-state index in [0.29, 0.717) is 54.1 Å². The number of carbonyl (C=O) groups excluding carboxylic acids is 1. The Kier molecular flexibility index (Phi) is 10.9. The van der Waals surface area contributed by atoms with E-state index >= 15 is 4.39 Å². The Bertz CT molecular complexity index is 2250. The molecule has 11 nitrogen and oxygen atoms in total. The number of imidazole rings is 1. The standard InChI is InChI=1S/C43H47Cl2FN6O5/c1-51-35-9-15-52(16-14-42-10-12-43(24-42,13-11-42)41(55)56)23-34(35)49-39(51)40(54)50-32-8-4-7-30(38(32)45)29-6-3-5-25(37(29)44)17-31(46)33-20-36(57-2)26(22-48-33)21-47-27-18-28(53)19-27/h3-8,17,20,22,27-28,47,53H,9-16,18-19,21,23-24H2,1-2H3,(H,50,54)(H,55,56)/b31-17-. The van der Waals surface area contributed by atoms with Crippen LogP contribution in [-0.2, 0) is 31.4 Å². The van der Waals surface area contributed by atoms with Crippen LogP contribution in [0.5, 0.6) is 5.75 Å². The number of nitrogens with one attached hydrogen (secondary N) is 2. The number of halogens is 3. The van der Waals surface area contributed by atoms with Crippen LogP contribution < -0.4 is 15.4 Å². The number of fused-ring (bicyclic) bond motifs is 3. The molecule has 3 saturated carbocycles. The molecule has 3 aliphatic carbocycles. The molecule has 0 spiro atoms. The maximum absolute atomic E-state index is 15.7. The lowest BCUT2D eigenvalue weighted by atomic mass is 9.80. The molecule has 2 aromatic carbocycles. The number of anilines is 1. The molecule has 4 aromatic rings. The third-order valence-corrected chi connectivity index (χ3v) is 13.7. The number of methoxy groups -OCH3 is 1. The highest BCUT2D eigenvalue weighted by atomic mass is 35.5. The Labute approximate surface area is 341 Å². The summed E-state index contributed by atoms with van der Waals surface area (Å²) < 4.78 is 23.1. The fraction of sp³-hybridized carbons (Fsp3) is 0.442. The van der Waals surface area contributed by atoms with Crippen LogP contribution in [-0.4, -0.2) is 73.9 Å². The van der Waals surface area contributed by atoms with E-state index in [2.05, 4.69) is 20.5 Å². The number of ether oxygens (including phenoxy) is 1. The number of benzene rings is 2. The summed E-state index contributed by atoms with van der Waals surface area (Å²) in [7, 11) is 3.38. The average molecular weight is 818 g/mol. The number of aliphatic carboxylic acids is 1. The molecule has 1 aliphatic heterocycles. The largest absolute Gasteiger partial charge is 0.496 e. The zero-order valence-corrected chi connectivity index (χ0v) is 33.6. The second-order valence-electron chi connectivity index (χ2n) is 16.3. The number of carboxylic acids is 1. The topological polar surface area (TPSA) is 142 Å². The van der Waals surface area contributed by atoms with Crippen LogP contribution in [0.4, 0.5) is 10.1 Å². The van der Waals surface area contributed by atoms with Crippen LogP contribution in [0, 0.1) is 10.8 Å². The maximum atomic E-state index is 15.7. The first-order chi connectivity index (χ1) is 27.4. The minimum atomic E-state index is -0.635. The van der Waals surface area contributed by atoms with Crippen molar-refractivity contribution in [3.8, 4) is 16.9 Å². The molecule has 0 radical (unpaired) electrons. The van der Waals surface area contributed by atoms with Crippen LogP contribution in [0.15, 0.2) is 48.7 Å². The minimum absolute atomic E-state index is 0.0913. The lowest BCUT2D eigenvalue weighted by Crippen LogP contribution is -2.43. The summed E-state index contributed by atoms with van der Waals surface area (Å²) in [5.74, 6) is -0.850. The van der Waals surface area contributed by atoms with Crippen molar-refractivity contribution in [2.75, 3.05) is 25.5 Å². The number of amides is 1. The highest BCUT2D eigenvalue weighted by Gasteiger charge is 2.57. The monoisotopic (exact) mass is 816 g/mol. The molecule has 0 saturated heterocycles. The number of carbonyl (C=O) groups is 2. The van der Waals surface area contributed by atoms with Gasteiger partial charge in [-0.3, -0.25) is 19.5 Å². The molecule has 3 heterocycles. The molecule has 300 valence electrons. The Morgan fingerprint density at radius 1 is 1.09 bits per heavy atom. The summed E-state index contributed by atoms with van der Waals surface area (Å²) in [6, 6.07) is 12.3. The molecule has 4 aliphatic rings. The van der Waals surface area contributed by atoms with Gasteiger partial charge in [0.2, 0.25) is 0 Å². The summed E-state index contributed by atoms with van der Waals surface area (Å²) >= 11 is 13.8. The van der Waals surface area contributed by atoms with Gasteiger partial charge in [0.05, 0.1) is 40.1 Å². The number of aliphatic hydroxyl groups is 1. The quantitative estimate of drug-likeness (QED) is 0.106. The second kappa shape index (κ2) is 15.8. The van der Waals surface area contributed by atoms with E-state index in [4.69, 9.17) is 32.9 Å². The molecular weight excluding hydrogens is 770 g/mol. The van der Waals surface area contributed by atoms with Crippen molar-refractivity contribution in [1.29, 1.82) is 0 Å². The predicted molar refractivity (Wildman–Crippen MR) is 218 cm³/mol. The van der Waals surface area contributed by atoms with Crippen molar-refractivity contribution in [2.45, 2.75) is 83.0 Å². The number of aromatic nitrogens is 3. The Balaban J connectivity index is 0.941. The van der Waals surface area contributed by atoms with Gasteiger partial charge in [0.15, 0.2) is 5.82 Å². The summed E-state index contributed by atoms with van der Waals surface area (Å²) in [5, 5.41) is 26.2. The Hall–Kier alpha value is -4.33. The van der Waals surface area contributed by atoms with Gasteiger partial charge in [0.25, 0.3) is 5.91 Å². The number of carboxylic acid groups (broad SMARTS) is 1. The first kappa shape index (κ1) is 39.5. The fourth-order valence-corrected chi connectivity index (χ4v) is 9.91. The van der Waals surface area contributed by atoms with Gasteiger partial charge < -0.3 is 30.2 Å². The lowest BCUT2D eigenvalue weighted by molar-refractivity contribution is -0.148. The average Bonchev–Trinajstić information content (AvgIpc) is 3.88. The van der Waals surface area contributed by atoms with Gasteiger partial charge in [-0.15, -0.1) is 0 Å². The van der Waals surface area contributed by atoms with Gasteiger partial charge in [-0.05, 0) is 81.0 Å². The molecule has 3 fully saturated rings. The summed E-state index contributed by atoms with van der Waals surface area (Å²) in [6.45, 7) is 2.85. The molecule has 0 atom stereocenters. The van der Waals surface area contributed by atoms with E-state index in [-0.39, 0.29) is 39.1 Å². The van der Waals surface area contributed by atoms with Crippen molar-refractivity contribution < 1.29 is 28.9 Å². The van der Waals surface area contributed by atoms with E-state index in [1.165, 1.54) is 13.2 Å². The van der Waals surface area contributed by atoms with Crippen LogP contribution in [0.1, 0.15) is 90.2 Å². The molecule has 0 unspecified atom stereocenters. The minimum Gasteiger partial charge on any atom is -0.496 e. The zero-order valence-electron chi connectivity index (χ0n) is 32.1. The Morgan fingerprint density at radius 3 is 2.53 bits per heavy atom. The molecule has 1 amide bonds. The highest BCUT2D eigenvalue weighted by Crippen LogP contribution is 2.63.